The van der Waals surface area contributed by atoms with Gasteiger partial charge in [0.15, 0.2) is 0 Å². The highest BCUT2D eigenvalue weighted by Gasteiger charge is 2.20. The quantitative estimate of drug-likeness (QED) is 0.904. The summed E-state index contributed by atoms with van der Waals surface area (Å²) >= 11 is 5.89. The van der Waals surface area contributed by atoms with E-state index in [1.165, 1.54) is 6.42 Å². The van der Waals surface area contributed by atoms with Gasteiger partial charge >= 0.3 is 0 Å². The highest BCUT2D eigenvalue weighted by molar-refractivity contribution is 6.30. The van der Waals surface area contributed by atoms with Crippen LogP contribution in [0.15, 0.2) is 24.3 Å². The van der Waals surface area contributed by atoms with Crippen molar-refractivity contribution < 1.29 is 4.79 Å². The van der Waals surface area contributed by atoms with Crippen LogP contribution in [0, 0.1) is 5.92 Å². The molecule has 2 unspecified atom stereocenters. The van der Waals surface area contributed by atoms with Crippen LogP contribution in [-0.2, 0) is 4.79 Å². The molecule has 1 aliphatic heterocycles. The van der Waals surface area contributed by atoms with E-state index in [1.54, 1.807) is 0 Å². The van der Waals surface area contributed by atoms with Crippen molar-refractivity contribution in [2.75, 3.05) is 20.1 Å². The molecule has 1 N–H and O–H groups in total. The Morgan fingerprint density at radius 2 is 2.15 bits per heavy atom. The van der Waals surface area contributed by atoms with Crippen LogP contribution < -0.4 is 5.32 Å². The first-order valence-corrected chi connectivity index (χ1v) is 7.67. The van der Waals surface area contributed by atoms with Gasteiger partial charge < -0.3 is 10.2 Å². The Hall–Kier alpha value is -1.06. The van der Waals surface area contributed by atoms with E-state index >= 15 is 0 Å². The number of benzene rings is 1. The molecule has 0 radical (unpaired) electrons. The Morgan fingerprint density at radius 3 is 2.75 bits per heavy atom. The summed E-state index contributed by atoms with van der Waals surface area (Å²) in [5.41, 5.74) is 1.12. The van der Waals surface area contributed by atoms with Crippen LogP contribution in [0.1, 0.15) is 37.8 Å². The van der Waals surface area contributed by atoms with E-state index in [2.05, 4.69) is 12.2 Å². The minimum absolute atomic E-state index is 0.0847. The van der Waals surface area contributed by atoms with Gasteiger partial charge in [0.25, 0.3) is 0 Å². The van der Waals surface area contributed by atoms with Gasteiger partial charge in [0.05, 0.1) is 6.04 Å². The number of carbonyl (C=O) groups excluding carboxylic acids is 1. The van der Waals surface area contributed by atoms with Crippen molar-refractivity contribution in [3.05, 3.63) is 34.9 Å². The molecule has 1 aliphatic rings. The molecule has 3 nitrogen and oxygen atoms in total. The lowest BCUT2D eigenvalue weighted by Gasteiger charge is -2.26. The molecule has 4 heteroatoms. The summed E-state index contributed by atoms with van der Waals surface area (Å²) in [6, 6.07) is 7.79. The third-order valence-electron chi connectivity index (χ3n) is 4.26. The molecule has 0 aromatic heterocycles. The van der Waals surface area contributed by atoms with Gasteiger partial charge in [-0.3, -0.25) is 4.79 Å². The van der Waals surface area contributed by atoms with E-state index in [0.29, 0.717) is 12.3 Å². The zero-order valence-corrected chi connectivity index (χ0v) is 13.0. The van der Waals surface area contributed by atoms with E-state index < -0.39 is 0 Å². The summed E-state index contributed by atoms with van der Waals surface area (Å²) in [7, 11) is 1.88. The lowest BCUT2D eigenvalue weighted by molar-refractivity contribution is -0.132. The molecule has 0 saturated carbocycles. The van der Waals surface area contributed by atoms with Gasteiger partial charge in [0, 0.05) is 18.5 Å². The fourth-order valence-corrected chi connectivity index (χ4v) is 2.77. The molecule has 1 heterocycles. The van der Waals surface area contributed by atoms with Crippen LogP contribution >= 0.6 is 11.6 Å². The van der Waals surface area contributed by atoms with E-state index in [-0.39, 0.29) is 11.9 Å². The number of amides is 1. The second-order valence-corrected chi connectivity index (χ2v) is 6.07. The topological polar surface area (TPSA) is 32.3 Å². The molecule has 20 heavy (non-hydrogen) atoms. The van der Waals surface area contributed by atoms with Crippen molar-refractivity contribution in [3.63, 3.8) is 0 Å². The van der Waals surface area contributed by atoms with E-state index in [4.69, 9.17) is 11.6 Å². The van der Waals surface area contributed by atoms with Crippen molar-refractivity contribution in [3.8, 4) is 0 Å². The molecule has 0 bridgehead atoms. The maximum absolute atomic E-state index is 12.3. The van der Waals surface area contributed by atoms with Crippen molar-refractivity contribution in [1.29, 1.82) is 0 Å². The number of carbonyl (C=O) groups is 1. The molecule has 1 aromatic rings. The lowest BCUT2D eigenvalue weighted by atomic mass is 10.0. The molecule has 2 atom stereocenters. The molecule has 0 aliphatic carbocycles. The van der Waals surface area contributed by atoms with Crippen LogP contribution in [-0.4, -0.2) is 30.9 Å². The highest BCUT2D eigenvalue weighted by Crippen LogP contribution is 2.22. The minimum Gasteiger partial charge on any atom is -0.339 e. The largest absolute Gasteiger partial charge is 0.339 e. The second kappa shape index (κ2) is 7.09. The summed E-state index contributed by atoms with van der Waals surface area (Å²) in [6.45, 7) is 4.21. The Balaban J connectivity index is 1.86. The van der Waals surface area contributed by atoms with Gasteiger partial charge in [-0.2, -0.15) is 0 Å². The van der Waals surface area contributed by atoms with Gasteiger partial charge in [-0.25, -0.2) is 0 Å². The van der Waals surface area contributed by atoms with Gasteiger partial charge in [-0.05, 0) is 56.5 Å². The molecule has 1 aromatic carbocycles. The Bertz CT molecular complexity index is 440. The molecule has 110 valence electrons. The molecular formula is C16H23ClN2O. The minimum atomic E-state index is 0.0847. The zero-order valence-electron chi connectivity index (χ0n) is 12.2. The maximum atomic E-state index is 12.3. The number of hydrogen-bond donors (Lipinski definition) is 1. The number of rotatable bonds is 5. The molecule has 1 saturated heterocycles. The van der Waals surface area contributed by atoms with Crippen LogP contribution in [0.25, 0.3) is 0 Å². The number of nitrogens with one attached hydrogen (secondary N) is 1. The third-order valence-corrected chi connectivity index (χ3v) is 4.51. The van der Waals surface area contributed by atoms with Crippen LogP contribution in [0.5, 0.6) is 0 Å². The van der Waals surface area contributed by atoms with Crippen molar-refractivity contribution in [1.82, 2.24) is 10.2 Å². The fraction of sp³-hybridized carbons (Fsp3) is 0.562. The maximum Gasteiger partial charge on any atom is 0.222 e. The molecule has 1 fully saturated rings. The summed E-state index contributed by atoms with van der Waals surface area (Å²) in [6.07, 6.45) is 2.83. The first-order chi connectivity index (χ1) is 9.58. The highest BCUT2D eigenvalue weighted by atomic mass is 35.5. The van der Waals surface area contributed by atoms with Gasteiger partial charge in [0.1, 0.15) is 0 Å². The Morgan fingerprint density at radius 1 is 1.45 bits per heavy atom. The van der Waals surface area contributed by atoms with Gasteiger partial charge in [-0.15, -0.1) is 0 Å². The van der Waals surface area contributed by atoms with E-state index in [1.807, 2.05) is 36.2 Å². The Kier molecular flexibility index (Phi) is 5.44. The predicted molar refractivity (Wildman–Crippen MR) is 82.8 cm³/mol. The van der Waals surface area contributed by atoms with Crippen molar-refractivity contribution in [2.45, 2.75) is 32.2 Å². The van der Waals surface area contributed by atoms with Gasteiger partial charge in [0.2, 0.25) is 5.91 Å². The van der Waals surface area contributed by atoms with E-state index in [9.17, 15) is 4.79 Å². The van der Waals surface area contributed by atoms with Crippen molar-refractivity contribution >= 4 is 17.5 Å². The Labute approximate surface area is 126 Å². The first-order valence-electron chi connectivity index (χ1n) is 7.29. The summed E-state index contributed by atoms with van der Waals surface area (Å²) in [5.74, 6) is 0.887. The molecular weight excluding hydrogens is 272 g/mol. The summed E-state index contributed by atoms with van der Waals surface area (Å²) in [5, 5.41) is 4.07. The summed E-state index contributed by atoms with van der Waals surface area (Å²) < 4.78 is 0. The molecule has 1 amide bonds. The zero-order chi connectivity index (χ0) is 14.5. The fourth-order valence-electron chi connectivity index (χ4n) is 2.65. The average Bonchev–Trinajstić information content (AvgIpc) is 2.97. The molecule has 0 spiro atoms. The van der Waals surface area contributed by atoms with Crippen LogP contribution in [0.2, 0.25) is 5.02 Å². The normalized spacial score (nSPS) is 19.9. The van der Waals surface area contributed by atoms with Gasteiger partial charge in [-0.1, -0.05) is 23.7 Å². The lowest BCUT2D eigenvalue weighted by Crippen LogP contribution is -2.30. The standard InChI is InChI=1S/C16H23ClN2O/c1-12(14-4-6-15(17)7-5-14)19(2)16(20)8-3-13-9-10-18-11-13/h4-7,12-13,18H,3,8-11H2,1-2H3. The van der Waals surface area contributed by atoms with Crippen LogP contribution in [0.3, 0.4) is 0 Å². The first kappa shape index (κ1) is 15.3. The number of hydrogen-bond acceptors (Lipinski definition) is 2. The second-order valence-electron chi connectivity index (χ2n) is 5.63. The third kappa shape index (κ3) is 3.97. The molecule has 2 rings (SSSR count). The van der Waals surface area contributed by atoms with Crippen molar-refractivity contribution in [2.24, 2.45) is 5.92 Å². The monoisotopic (exact) mass is 294 g/mol. The SMILES string of the molecule is CC(c1ccc(Cl)cc1)N(C)C(=O)CCC1CCNC1. The predicted octanol–water partition coefficient (Wildman–Crippen LogP) is 3.25. The summed E-state index contributed by atoms with van der Waals surface area (Å²) in [4.78, 5) is 14.1. The van der Waals surface area contributed by atoms with E-state index in [0.717, 1.165) is 30.1 Å². The number of nitrogens with zero attached hydrogens (tertiary/aromatic N) is 1. The number of halogens is 1. The average molecular weight is 295 g/mol. The smallest absolute Gasteiger partial charge is 0.222 e. The van der Waals surface area contributed by atoms with Crippen LogP contribution in [0.4, 0.5) is 0 Å².